The van der Waals surface area contributed by atoms with Crippen LogP contribution < -0.4 is 15.0 Å². The molecule has 0 radical (unpaired) electrons. The molecule has 3 rings (SSSR count). The molecule has 1 heterocycles. The van der Waals surface area contributed by atoms with Crippen LogP contribution in [0.15, 0.2) is 53.0 Å². The van der Waals surface area contributed by atoms with Gasteiger partial charge in [-0.3, -0.25) is 4.79 Å². The van der Waals surface area contributed by atoms with Gasteiger partial charge in [0.1, 0.15) is 5.75 Å². The number of amides is 1. The zero-order chi connectivity index (χ0) is 19.2. The molecule has 0 bridgehead atoms. The lowest BCUT2D eigenvalue weighted by molar-refractivity contribution is -0.123. The standard InChI is InChI=1S/C22H27BrN2O2/c1-16-4-3-13-25(14-16)20-9-5-18(6-10-20)17(2)24-22(26)15-27-21-11-7-19(23)8-12-21/h5-12,16-17H,3-4,13-15H2,1-2H3,(H,24,26)/t16-,17-/m0/s1. The molecule has 27 heavy (non-hydrogen) atoms. The van der Waals surface area contributed by atoms with Gasteiger partial charge >= 0.3 is 0 Å². The molecule has 0 aliphatic carbocycles. The Morgan fingerprint density at radius 1 is 1.22 bits per heavy atom. The highest BCUT2D eigenvalue weighted by molar-refractivity contribution is 9.10. The van der Waals surface area contributed by atoms with Crippen LogP contribution in [0.2, 0.25) is 0 Å². The summed E-state index contributed by atoms with van der Waals surface area (Å²) in [7, 11) is 0. The van der Waals surface area contributed by atoms with Gasteiger partial charge in [0.15, 0.2) is 6.61 Å². The minimum absolute atomic E-state index is 0.00964. The minimum Gasteiger partial charge on any atom is -0.484 e. The minimum atomic E-state index is -0.126. The normalized spacial score (nSPS) is 18.0. The zero-order valence-electron chi connectivity index (χ0n) is 16.0. The van der Waals surface area contributed by atoms with Crippen molar-refractivity contribution in [3.63, 3.8) is 0 Å². The van der Waals surface area contributed by atoms with Crippen LogP contribution in [0, 0.1) is 5.92 Å². The number of carbonyl (C=O) groups is 1. The van der Waals surface area contributed by atoms with Gasteiger partial charge in [0.05, 0.1) is 6.04 Å². The van der Waals surface area contributed by atoms with Crippen LogP contribution in [0.25, 0.3) is 0 Å². The Morgan fingerprint density at radius 3 is 2.59 bits per heavy atom. The molecule has 1 fully saturated rings. The van der Waals surface area contributed by atoms with Crippen LogP contribution in [0.4, 0.5) is 5.69 Å². The summed E-state index contributed by atoms with van der Waals surface area (Å²) in [6, 6.07) is 15.9. The number of carbonyl (C=O) groups excluding carboxylic acids is 1. The van der Waals surface area contributed by atoms with Gasteiger partial charge in [-0.25, -0.2) is 0 Å². The molecule has 1 aliphatic rings. The van der Waals surface area contributed by atoms with Crippen LogP contribution >= 0.6 is 15.9 Å². The Kier molecular flexibility index (Phi) is 6.78. The van der Waals surface area contributed by atoms with Crippen molar-refractivity contribution in [2.24, 2.45) is 5.92 Å². The fourth-order valence-corrected chi connectivity index (χ4v) is 3.71. The molecule has 2 atom stereocenters. The zero-order valence-corrected chi connectivity index (χ0v) is 17.5. The fourth-order valence-electron chi connectivity index (χ4n) is 3.44. The fraction of sp³-hybridized carbons (Fsp3) is 0.409. The largest absolute Gasteiger partial charge is 0.484 e. The van der Waals surface area contributed by atoms with Crippen LogP contribution in [0.1, 0.15) is 38.3 Å². The van der Waals surface area contributed by atoms with Crippen LogP contribution in [-0.2, 0) is 4.79 Å². The second-order valence-corrected chi connectivity index (χ2v) is 8.23. The van der Waals surface area contributed by atoms with E-state index in [-0.39, 0.29) is 18.6 Å². The summed E-state index contributed by atoms with van der Waals surface area (Å²) in [5, 5.41) is 3.00. The Hall–Kier alpha value is -2.01. The maximum atomic E-state index is 12.2. The van der Waals surface area contributed by atoms with Crippen LogP contribution in [0.5, 0.6) is 5.75 Å². The lowest BCUT2D eigenvalue weighted by Crippen LogP contribution is -2.34. The summed E-state index contributed by atoms with van der Waals surface area (Å²) in [5.41, 5.74) is 2.36. The number of ether oxygens (including phenoxy) is 1. The maximum absolute atomic E-state index is 12.2. The van der Waals surface area contributed by atoms with Gasteiger partial charge in [0, 0.05) is 23.2 Å². The molecule has 1 amide bonds. The second-order valence-electron chi connectivity index (χ2n) is 7.32. The van der Waals surface area contributed by atoms with Crippen molar-refractivity contribution < 1.29 is 9.53 Å². The SMILES string of the molecule is C[C@H]1CCCN(c2ccc([C@H](C)NC(=O)COc3ccc(Br)cc3)cc2)C1. The van der Waals surface area contributed by atoms with E-state index >= 15 is 0 Å². The van der Waals surface area contributed by atoms with Gasteiger partial charge in [-0.05, 0) is 67.6 Å². The van der Waals surface area contributed by atoms with Crippen molar-refractivity contribution in [1.29, 1.82) is 0 Å². The molecule has 0 unspecified atom stereocenters. The van der Waals surface area contributed by atoms with Gasteiger partial charge in [-0.1, -0.05) is 35.0 Å². The van der Waals surface area contributed by atoms with Crippen molar-refractivity contribution in [3.05, 3.63) is 58.6 Å². The van der Waals surface area contributed by atoms with E-state index in [9.17, 15) is 4.79 Å². The van der Waals surface area contributed by atoms with E-state index in [1.54, 1.807) is 0 Å². The van der Waals surface area contributed by atoms with E-state index in [4.69, 9.17) is 4.74 Å². The summed E-state index contributed by atoms with van der Waals surface area (Å²) >= 11 is 3.38. The predicted molar refractivity (Wildman–Crippen MR) is 113 cm³/mol. The van der Waals surface area contributed by atoms with Crippen molar-refractivity contribution >= 4 is 27.5 Å². The number of rotatable bonds is 6. The Balaban J connectivity index is 1.50. The molecule has 2 aromatic rings. The molecule has 0 spiro atoms. The van der Waals surface area contributed by atoms with Crippen LogP contribution in [0.3, 0.4) is 0 Å². The summed E-state index contributed by atoms with van der Waals surface area (Å²) in [6.07, 6.45) is 2.58. The second kappa shape index (κ2) is 9.27. The molecular weight excluding hydrogens is 404 g/mol. The summed E-state index contributed by atoms with van der Waals surface area (Å²) in [4.78, 5) is 14.6. The third-order valence-electron chi connectivity index (χ3n) is 4.98. The number of hydrogen-bond acceptors (Lipinski definition) is 3. The molecule has 2 aromatic carbocycles. The van der Waals surface area contributed by atoms with Gasteiger partial charge in [-0.2, -0.15) is 0 Å². The van der Waals surface area contributed by atoms with E-state index < -0.39 is 0 Å². The molecule has 0 saturated carbocycles. The lowest BCUT2D eigenvalue weighted by Gasteiger charge is -2.33. The highest BCUT2D eigenvalue weighted by atomic mass is 79.9. The third kappa shape index (κ3) is 5.73. The van der Waals surface area contributed by atoms with E-state index in [2.05, 4.69) is 57.3 Å². The van der Waals surface area contributed by atoms with E-state index in [1.807, 2.05) is 31.2 Å². The quantitative estimate of drug-likeness (QED) is 0.705. The van der Waals surface area contributed by atoms with E-state index in [0.29, 0.717) is 5.75 Å². The van der Waals surface area contributed by atoms with Crippen molar-refractivity contribution in [2.45, 2.75) is 32.7 Å². The lowest BCUT2D eigenvalue weighted by atomic mass is 9.99. The predicted octanol–water partition coefficient (Wildman–Crippen LogP) is 4.94. The molecule has 1 saturated heterocycles. The molecular formula is C22H27BrN2O2. The van der Waals surface area contributed by atoms with Crippen molar-refractivity contribution in [1.82, 2.24) is 5.32 Å². The Morgan fingerprint density at radius 2 is 1.93 bits per heavy atom. The van der Waals surface area contributed by atoms with Crippen molar-refractivity contribution in [2.75, 3.05) is 24.6 Å². The smallest absolute Gasteiger partial charge is 0.258 e. The third-order valence-corrected chi connectivity index (χ3v) is 5.50. The number of piperidine rings is 1. The first-order valence-corrected chi connectivity index (χ1v) is 10.3. The first-order chi connectivity index (χ1) is 13.0. The summed E-state index contributed by atoms with van der Waals surface area (Å²) < 4.78 is 6.51. The van der Waals surface area contributed by atoms with Crippen molar-refractivity contribution in [3.8, 4) is 5.75 Å². The highest BCUT2D eigenvalue weighted by Crippen LogP contribution is 2.24. The maximum Gasteiger partial charge on any atom is 0.258 e. The molecule has 0 aromatic heterocycles. The van der Waals surface area contributed by atoms with Gasteiger partial charge in [0.2, 0.25) is 0 Å². The average Bonchev–Trinajstić information content (AvgIpc) is 2.67. The molecule has 5 heteroatoms. The van der Waals surface area contributed by atoms with E-state index in [0.717, 1.165) is 29.0 Å². The van der Waals surface area contributed by atoms with Gasteiger partial charge in [-0.15, -0.1) is 0 Å². The number of nitrogens with one attached hydrogen (secondary N) is 1. The molecule has 1 N–H and O–H groups in total. The van der Waals surface area contributed by atoms with Gasteiger partial charge < -0.3 is 15.0 Å². The number of halogens is 1. The molecule has 1 aliphatic heterocycles. The van der Waals surface area contributed by atoms with Crippen LogP contribution in [-0.4, -0.2) is 25.6 Å². The summed E-state index contributed by atoms with van der Waals surface area (Å²) in [5.74, 6) is 1.31. The Labute approximate surface area is 170 Å². The molecule has 4 nitrogen and oxygen atoms in total. The molecule has 144 valence electrons. The van der Waals surface area contributed by atoms with E-state index in [1.165, 1.54) is 18.5 Å². The Bertz CT molecular complexity index is 746. The number of benzene rings is 2. The summed E-state index contributed by atoms with van der Waals surface area (Å²) in [6.45, 7) is 6.57. The first kappa shape index (κ1) is 19.7. The monoisotopic (exact) mass is 430 g/mol. The average molecular weight is 431 g/mol. The number of hydrogen-bond donors (Lipinski definition) is 1. The van der Waals surface area contributed by atoms with Gasteiger partial charge in [0.25, 0.3) is 5.91 Å². The first-order valence-electron chi connectivity index (χ1n) is 9.54. The topological polar surface area (TPSA) is 41.6 Å². The number of anilines is 1. The number of nitrogens with zero attached hydrogens (tertiary/aromatic N) is 1. The highest BCUT2D eigenvalue weighted by Gasteiger charge is 2.17.